The third-order valence-corrected chi connectivity index (χ3v) is 14.2. The fourth-order valence-corrected chi connectivity index (χ4v) is 11.4. The Morgan fingerprint density at radius 3 is 1.45 bits per heavy atom. The molecular formula is C53H31N3O3S. The number of fused-ring (bicyclic) bond motifs is 16. The van der Waals surface area contributed by atoms with E-state index in [1.807, 2.05) is 24.4 Å². The van der Waals surface area contributed by atoms with Crippen LogP contribution in [0.2, 0.25) is 0 Å². The molecule has 0 N–H and O–H groups in total. The van der Waals surface area contributed by atoms with E-state index in [-0.39, 0.29) is 15.5 Å². The maximum absolute atomic E-state index is 14.6. The molecular weight excluding hydrogens is 759 g/mol. The largest absolute Gasteiger partial charge is 0.455 e. The zero-order chi connectivity index (χ0) is 39.7. The number of para-hydroxylation sites is 5. The third kappa shape index (κ3) is 4.41. The highest BCUT2D eigenvalue weighted by atomic mass is 32.2. The molecule has 60 heavy (non-hydrogen) atoms. The van der Waals surface area contributed by atoms with E-state index in [4.69, 9.17) is 9.72 Å². The molecule has 11 aromatic rings. The maximum atomic E-state index is 14.6. The Kier molecular flexibility index (Phi) is 6.73. The van der Waals surface area contributed by atoms with Crippen molar-refractivity contribution in [1.29, 1.82) is 0 Å². The third-order valence-electron chi connectivity index (χ3n) is 12.4. The maximum Gasteiger partial charge on any atom is 0.213 e. The molecule has 3 aromatic heterocycles. The molecule has 0 amide bonds. The van der Waals surface area contributed by atoms with Gasteiger partial charge in [0.25, 0.3) is 0 Å². The minimum atomic E-state index is -3.95. The van der Waals surface area contributed by atoms with E-state index in [0.29, 0.717) is 5.75 Å². The van der Waals surface area contributed by atoms with Gasteiger partial charge in [-0.1, -0.05) is 115 Å². The van der Waals surface area contributed by atoms with Gasteiger partial charge in [0.1, 0.15) is 21.3 Å². The Morgan fingerprint density at radius 1 is 0.400 bits per heavy atom. The van der Waals surface area contributed by atoms with E-state index < -0.39 is 9.84 Å². The summed E-state index contributed by atoms with van der Waals surface area (Å²) in [5.74, 6) is 0.594. The summed E-state index contributed by atoms with van der Waals surface area (Å²) in [5.41, 5.74) is 13.4. The molecule has 6 nitrogen and oxygen atoms in total. The number of benzene rings is 8. The van der Waals surface area contributed by atoms with E-state index in [0.717, 1.165) is 99.6 Å². The monoisotopic (exact) mass is 789 g/mol. The van der Waals surface area contributed by atoms with Crippen molar-refractivity contribution in [3.63, 3.8) is 0 Å². The van der Waals surface area contributed by atoms with Crippen molar-refractivity contribution in [3.05, 3.63) is 188 Å². The molecule has 0 bridgehead atoms. The number of aromatic nitrogens is 3. The number of hydrogen-bond donors (Lipinski definition) is 0. The van der Waals surface area contributed by atoms with Crippen molar-refractivity contribution in [2.75, 3.05) is 0 Å². The topological polar surface area (TPSA) is 66.1 Å². The Hall–Kier alpha value is -7.74. The molecule has 1 aliphatic heterocycles. The average molecular weight is 790 g/mol. The quantitative estimate of drug-likeness (QED) is 0.175. The lowest BCUT2D eigenvalue weighted by atomic mass is 9.81. The summed E-state index contributed by atoms with van der Waals surface area (Å²) >= 11 is 0. The summed E-state index contributed by atoms with van der Waals surface area (Å²) < 4.78 is 40.4. The number of nitrogens with zero attached hydrogens (tertiary/aromatic N) is 3. The van der Waals surface area contributed by atoms with Gasteiger partial charge in [-0.2, -0.15) is 0 Å². The van der Waals surface area contributed by atoms with Crippen LogP contribution < -0.4 is 4.74 Å². The summed E-state index contributed by atoms with van der Waals surface area (Å²) in [6.45, 7) is 0. The summed E-state index contributed by atoms with van der Waals surface area (Å²) in [5, 5.41) is 4.63. The van der Waals surface area contributed by atoms with Gasteiger partial charge in [-0.15, -0.1) is 0 Å². The number of sulfone groups is 1. The lowest BCUT2D eigenvalue weighted by Crippen LogP contribution is -2.12. The first kappa shape index (κ1) is 33.3. The number of pyridine rings is 1. The van der Waals surface area contributed by atoms with Crippen molar-refractivity contribution in [2.45, 2.75) is 9.79 Å². The first-order chi connectivity index (χ1) is 29.6. The number of hydrogen-bond acceptors (Lipinski definition) is 4. The minimum absolute atomic E-state index is 0.127. The number of ether oxygens (including phenoxy) is 1. The Bertz CT molecular complexity index is 3680. The van der Waals surface area contributed by atoms with Gasteiger partial charge in [0.2, 0.25) is 9.84 Å². The smallest absolute Gasteiger partial charge is 0.213 e. The second-order valence-electron chi connectivity index (χ2n) is 15.4. The lowest BCUT2D eigenvalue weighted by molar-refractivity contribution is 0.443. The lowest BCUT2D eigenvalue weighted by Gasteiger charge is -2.29. The molecule has 282 valence electrons. The van der Waals surface area contributed by atoms with Crippen molar-refractivity contribution >= 4 is 53.4 Å². The van der Waals surface area contributed by atoms with Gasteiger partial charge in [0.05, 0.1) is 39.1 Å². The molecule has 0 saturated heterocycles. The van der Waals surface area contributed by atoms with Gasteiger partial charge in [0.15, 0.2) is 0 Å². The highest BCUT2D eigenvalue weighted by molar-refractivity contribution is 7.91. The van der Waals surface area contributed by atoms with Crippen LogP contribution in [0.4, 0.5) is 0 Å². The molecule has 7 heteroatoms. The SMILES string of the molecule is O=S1(=O)c2ccccc2Oc2cc3c(cc21)-c1cccc(-n2c4ccccc4c4ccccc42)c1-c1c(cccc1-n1c2ccccc2c2ccccc21)-c1cccnc1-3. The summed E-state index contributed by atoms with van der Waals surface area (Å²) in [6, 6.07) is 61.9. The Morgan fingerprint density at radius 2 is 0.883 bits per heavy atom. The highest BCUT2D eigenvalue weighted by Gasteiger charge is 2.36. The van der Waals surface area contributed by atoms with Crippen LogP contribution in [0.1, 0.15) is 0 Å². The van der Waals surface area contributed by atoms with Crippen LogP contribution in [0, 0.1) is 0 Å². The van der Waals surface area contributed by atoms with E-state index >= 15 is 0 Å². The first-order valence-electron chi connectivity index (χ1n) is 20.0. The van der Waals surface area contributed by atoms with Gasteiger partial charge < -0.3 is 13.9 Å². The normalized spacial score (nSPS) is 13.4. The van der Waals surface area contributed by atoms with E-state index in [9.17, 15) is 8.42 Å². The van der Waals surface area contributed by atoms with Gasteiger partial charge in [-0.3, -0.25) is 4.98 Å². The molecule has 1 aliphatic carbocycles. The van der Waals surface area contributed by atoms with Crippen molar-refractivity contribution < 1.29 is 13.2 Å². The number of rotatable bonds is 2. The standard InChI is InChI=1S/C53H31N3O3S/c57-60(58)49-28-10-9-27-47(49)59-48-30-40-39(31-50(48)60)37-19-12-26-46(56-43-23-7-3-16-34(43)35-17-4-8-24-44(35)56)52(37)51-36(38-20-13-29-54-53(38)40)18-11-25-45(51)55-41-21-5-1-14-32(41)33-15-2-6-22-42(33)55/h1-31H. The van der Waals surface area contributed by atoms with Crippen LogP contribution in [0.15, 0.2) is 198 Å². The van der Waals surface area contributed by atoms with Crippen LogP contribution in [0.5, 0.6) is 11.5 Å². The summed E-state index contributed by atoms with van der Waals surface area (Å²) in [7, 11) is -3.95. The van der Waals surface area contributed by atoms with Gasteiger partial charge >= 0.3 is 0 Å². The molecule has 0 saturated carbocycles. The second-order valence-corrected chi connectivity index (χ2v) is 17.3. The minimum Gasteiger partial charge on any atom is -0.455 e. The summed E-state index contributed by atoms with van der Waals surface area (Å²) in [4.78, 5) is 5.37. The van der Waals surface area contributed by atoms with Crippen LogP contribution in [0.3, 0.4) is 0 Å². The average Bonchev–Trinajstić information content (AvgIpc) is 3.81. The molecule has 0 atom stereocenters. The fraction of sp³-hybridized carbons (Fsp3) is 0. The van der Waals surface area contributed by atoms with Crippen LogP contribution in [0.25, 0.3) is 99.6 Å². The van der Waals surface area contributed by atoms with Crippen molar-refractivity contribution in [3.8, 4) is 67.5 Å². The molecule has 13 rings (SSSR count). The van der Waals surface area contributed by atoms with Crippen LogP contribution >= 0.6 is 0 Å². The molecule has 2 aliphatic rings. The summed E-state index contributed by atoms with van der Waals surface area (Å²) in [6.07, 6.45) is 1.81. The van der Waals surface area contributed by atoms with Gasteiger partial charge in [-0.05, 0) is 83.4 Å². The van der Waals surface area contributed by atoms with Crippen molar-refractivity contribution in [1.82, 2.24) is 14.1 Å². The molecule has 0 radical (unpaired) electrons. The Labute approximate surface area is 344 Å². The Balaban J connectivity index is 1.24. The highest BCUT2D eigenvalue weighted by Crippen LogP contribution is 2.55. The first-order valence-corrected chi connectivity index (χ1v) is 21.4. The van der Waals surface area contributed by atoms with Gasteiger partial charge in [-0.25, -0.2) is 8.42 Å². The molecule has 0 fully saturated rings. The van der Waals surface area contributed by atoms with E-state index in [1.165, 1.54) is 0 Å². The molecule has 8 aromatic carbocycles. The van der Waals surface area contributed by atoms with Crippen LogP contribution in [-0.4, -0.2) is 22.5 Å². The predicted molar refractivity (Wildman–Crippen MR) is 240 cm³/mol. The zero-order valence-corrected chi connectivity index (χ0v) is 32.7. The van der Waals surface area contributed by atoms with Crippen LogP contribution in [-0.2, 0) is 9.84 Å². The van der Waals surface area contributed by atoms with Gasteiger partial charge in [0, 0.05) is 50.0 Å². The molecule has 0 unspecified atom stereocenters. The predicted octanol–water partition coefficient (Wildman–Crippen LogP) is 13.2. The molecule has 0 spiro atoms. The fourth-order valence-electron chi connectivity index (χ4n) is 9.89. The molecule has 4 heterocycles. The van der Waals surface area contributed by atoms with E-state index in [1.54, 1.807) is 24.3 Å². The van der Waals surface area contributed by atoms with Crippen molar-refractivity contribution in [2.24, 2.45) is 0 Å². The van der Waals surface area contributed by atoms with E-state index in [2.05, 4.69) is 149 Å². The second kappa shape index (κ2) is 12.1. The zero-order valence-electron chi connectivity index (χ0n) is 31.9.